The number of carbonyl (C=O) groups is 3. The van der Waals surface area contributed by atoms with Crippen LogP contribution in [0.5, 0.6) is 0 Å². The van der Waals surface area contributed by atoms with Crippen LogP contribution < -0.4 is 14.9 Å². The van der Waals surface area contributed by atoms with Gasteiger partial charge in [-0.3, -0.25) is 14.5 Å². The topological polar surface area (TPSA) is 99.2 Å². The molecule has 158 valence electrons. The number of halogens is 2. The lowest BCUT2D eigenvalue weighted by molar-refractivity contribution is -0.141. The van der Waals surface area contributed by atoms with Crippen LogP contribution in [0.2, 0.25) is 0 Å². The molecule has 0 radical (unpaired) electrons. The maximum absolute atomic E-state index is 14.8. The summed E-state index contributed by atoms with van der Waals surface area (Å²) < 4.78 is 33.7. The average molecular weight is 413 g/mol. The molecule has 0 saturated carbocycles. The van der Waals surface area contributed by atoms with Crippen molar-refractivity contribution in [3.63, 3.8) is 0 Å². The van der Waals surface area contributed by atoms with Crippen molar-refractivity contribution in [1.29, 1.82) is 0 Å². The Bertz CT molecular complexity index is 819. The third-order valence-corrected chi connectivity index (χ3v) is 5.11. The smallest absolute Gasteiger partial charge is 0.414 e. The molecule has 0 bridgehead atoms. The summed E-state index contributed by atoms with van der Waals surface area (Å²) in [6.07, 6.45) is -1.43. The number of ether oxygens (including phenoxy) is 1. The first-order valence-electron chi connectivity index (χ1n) is 9.18. The number of rotatable bonds is 4. The third-order valence-electron chi connectivity index (χ3n) is 5.11. The van der Waals surface area contributed by atoms with Gasteiger partial charge in [-0.2, -0.15) is 0 Å². The highest BCUT2D eigenvalue weighted by molar-refractivity contribution is 5.90. The van der Waals surface area contributed by atoms with Gasteiger partial charge >= 0.3 is 6.09 Å². The molecule has 2 aliphatic heterocycles. The van der Waals surface area contributed by atoms with Gasteiger partial charge in [0.05, 0.1) is 31.9 Å². The van der Waals surface area contributed by atoms with Crippen LogP contribution in [-0.2, 0) is 14.3 Å². The molecule has 3 amide bonds. The van der Waals surface area contributed by atoms with Crippen LogP contribution in [0.4, 0.5) is 25.0 Å². The van der Waals surface area contributed by atoms with Crippen molar-refractivity contribution in [2.75, 3.05) is 44.2 Å². The molecular weight excluding hydrogens is 390 g/mol. The largest absolute Gasteiger partial charge is 0.442 e. The molecule has 9 nitrogen and oxygen atoms in total. The molecule has 11 heteroatoms. The lowest BCUT2D eigenvalue weighted by Gasteiger charge is -2.38. The molecule has 2 N–H and O–H groups in total. The molecule has 1 aromatic rings. The zero-order chi connectivity index (χ0) is 21.3. The molecule has 2 aliphatic rings. The average Bonchev–Trinajstić information content (AvgIpc) is 3.00. The number of hydrogen-bond acceptors (Lipinski definition) is 5. The number of amides is 3. The number of cyclic esters (lactones) is 1. The summed E-state index contributed by atoms with van der Waals surface area (Å²) >= 11 is 0. The first-order valence-corrected chi connectivity index (χ1v) is 9.18. The highest BCUT2D eigenvalue weighted by Crippen LogP contribution is 2.34. The van der Waals surface area contributed by atoms with E-state index in [-0.39, 0.29) is 56.8 Å². The Morgan fingerprint density at radius 3 is 2.34 bits per heavy atom. The fraction of sp³-hybridized carbons (Fsp3) is 0.500. The van der Waals surface area contributed by atoms with E-state index in [1.54, 1.807) is 0 Å². The maximum Gasteiger partial charge on any atom is 0.414 e. The number of quaternary nitrogens is 1. The van der Waals surface area contributed by atoms with Gasteiger partial charge in [-0.1, -0.05) is 0 Å². The standard InChI is InChI=1S/C18H22F2N4O5/c1-11(25)21-9-14-10-23(18(27)29-14)13-7-15(19)17(16(20)8-13)24(28)5-3-22(4-6-24)12(2)26/h7-8,14,28H,3-6,9-10H2,1-2H3/p+1/t14-/m0/s1. The van der Waals surface area contributed by atoms with Crippen LogP contribution >= 0.6 is 0 Å². The highest BCUT2D eigenvalue weighted by Gasteiger charge is 2.41. The van der Waals surface area contributed by atoms with Gasteiger partial charge in [-0.05, 0) is 0 Å². The number of nitrogens with one attached hydrogen (secondary N) is 1. The Kier molecular flexibility index (Phi) is 5.71. The van der Waals surface area contributed by atoms with Crippen LogP contribution in [0.3, 0.4) is 0 Å². The van der Waals surface area contributed by atoms with E-state index in [9.17, 15) is 28.4 Å². The van der Waals surface area contributed by atoms with E-state index in [2.05, 4.69) is 5.32 Å². The van der Waals surface area contributed by atoms with E-state index in [1.807, 2.05) is 0 Å². The van der Waals surface area contributed by atoms with Crippen LogP contribution in [-0.4, -0.2) is 73.4 Å². The predicted molar refractivity (Wildman–Crippen MR) is 98.2 cm³/mol. The van der Waals surface area contributed by atoms with Gasteiger partial charge in [0.1, 0.15) is 19.2 Å². The van der Waals surface area contributed by atoms with Crippen LogP contribution in [0.15, 0.2) is 12.1 Å². The van der Waals surface area contributed by atoms with E-state index in [4.69, 9.17) is 4.74 Å². The molecule has 29 heavy (non-hydrogen) atoms. The second-order valence-corrected chi connectivity index (χ2v) is 7.19. The fourth-order valence-electron chi connectivity index (χ4n) is 3.54. The van der Waals surface area contributed by atoms with Gasteiger partial charge in [0.15, 0.2) is 11.6 Å². The summed E-state index contributed by atoms with van der Waals surface area (Å²) in [4.78, 5) is 37.0. The SMILES string of the molecule is CC(=O)NC[C@H]1CN(c2cc(F)c([N+]3(O)CCN(C(C)=O)CC3)c(F)c2)C(=O)O1. The second-order valence-electron chi connectivity index (χ2n) is 7.19. The molecule has 3 rings (SSSR count). The third kappa shape index (κ3) is 4.30. The molecule has 2 fully saturated rings. The van der Waals surface area contributed by atoms with Crippen molar-refractivity contribution in [3.05, 3.63) is 23.8 Å². The van der Waals surface area contributed by atoms with Crippen molar-refractivity contribution in [3.8, 4) is 0 Å². The zero-order valence-electron chi connectivity index (χ0n) is 16.2. The quantitative estimate of drug-likeness (QED) is 0.718. The summed E-state index contributed by atoms with van der Waals surface area (Å²) in [7, 11) is 0. The monoisotopic (exact) mass is 413 g/mol. The van der Waals surface area contributed by atoms with Crippen LogP contribution in [0.25, 0.3) is 0 Å². The minimum atomic E-state index is -1.00. The Morgan fingerprint density at radius 2 is 1.83 bits per heavy atom. The van der Waals surface area contributed by atoms with Gasteiger partial charge in [0.2, 0.25) is 17.5 Å². The molecule has 1 atom stereocenters. The van der Waals surface area contributed by atoms with E-state index >= 15 is 0 Å². The number of hydroxylamine groups is 2. The van der Waals surface area contributed by atoms with Gasteiger partial charge in [-0.15, -0.1) is 4.65 Å². The summed E-state index contributed by atoms with van der Waals surface area (Å²) in [6.45, 7) is 3.03. The van der Waals surface area contributed by atoms with Gasteiger partial charge in [0.25, 0.3) is 0 Å². The van der Waals surface area contributed by atoms with E-state index in [0.29, 0.717) is 0 Å². The lowest BCUT2D eigenvalue weighted by Crippen LogP contribution is -2.60. The van der Waals surface area contributed by atoms with E-state index < -0.39 is 34.2 Å². The summed E-state index contributed by atoms with van der Waals surface area (Å²) in [5, 5.41) is 13.3. The summed E-state index contributed by atoms with van der Waals surface area (Å²) in [6, 6.07) is 1.93. The van der Waals surface area contributed by atoms with Crippen LogP contribution in [0.1, 0.15) is 13.8 Å². The molecule has 0 unspecified atom stereocenters. The summed E-state index contributed by atoms with van der Waals surface area (Å²) in [5.41, 5.74) is -0.577. The van der Waals surface area contributed by atoms with Gasteiger partial charge in [0, 0.05) is 26.0 Å². The number of hydrogen-bond donors (Lipinski definition) is 2. The van der Waals surface area contributed by atoms with Crippen molar-refractivity contribution in [2.45, 2.75) is 20.0 Å². The second kappa shape index (κ2) is 7.91. The Morgan fingerprint density at radius 1 is 1.24 bits per heavy atom. The van der Waals surface area contributed by atoms with E-state index in [1.165, 1.54) is 18.7 Å². The van der Waals surface area contributed by atoms with Crippen molar-refractivity contribution in [2.24, 2.45) is 0 Å². The van der Waals surface area contributed by atoms with Crippen molar-refractivity contribution >= 4 is 29.3 Å². The van der Waals surface area contributed by atoms with E-state index in [0.717, 1.165) is 17.0 Å². The first kappa shape index (κ1) is 20.9. The van der Waals surface area contributed by atoms with Crippen LogP contribution in [0, 0.1) is 11.6 Å². The maximum atomic E-state index is 14.8. The van der Waals surface area contributed by atoms with Gasteiger partial charge < -0.3 is 15.0 Å². The fourth-order valence-corrected chi connectivity index (χ4v) is 3.54. The highest BCUT2D eigenvalue weighted by atomic mass is 19.1. The molecule has 0 aliphatic carbocycles. The predicted octanol–water partition coefficient (Wildman–Crippen LogP) is 0.985. The number of benzene rings is 1. The lowest BCUT2D eigenvalue weighted by atomic mass is 10.2. The Hall–Kier alpha value is -2.79. The zero-order valence-corrected chi connectivity index (χ0v) is 16.2. The molecule has 2 heterocycles. The minimum Gasteiger partial charge on any atom is -0.442 e. The number of anilines is 1. The number of piperazine rings is 1. The molecule has 0 aromatic heterocycles. The number of nitrogens with zero attached hydrogens (tertiary/aromatic N) is 3. The summed E-state index contributed by atoms with van der Waals surface area (Å²) in [5.74, 6) is -2.47. The first-order chi connectivity index (χ1) is 13.6. The Labute approximate surface area is 166 Å². The molecule has 0 spiro atoms. The Balaban J connectivity index is 1.79. The normalized spacial score (nSPS) is 21.1. The van der Waals surface area contributed by atoms with Gasteiger partial charge in [-0.25, -0.2) is 18.8 Å². The molecule has 1 aromatic carbocycles. The van der Waals surface area contributed by atoms with Crippen molar-refractivity contribution in [1.82, 2.24) is 14.9 Å². The molecule has 2 saturated heterocycles. The minimum absolute atomic E-state index is 0.0179. The number of carbonyl (C=O) groups excluding carboxylic acids is 3. The molecular formula is C18H23F2N4O5+. The van der Waals surface area contributed by atoms with Crippen molar-refractivity contribution < 1.29 is 33.1 Å².